The third-order valence-corrected chi connectivity index (χ3v) is 6.34. The molecule has 0 spiro atoms. The Bertz CT molecular complexity index is 2370. The van der Waals surface area contributed by atoms with Crippen molar-refractivity contribution in [2.45, 2.75) is 0 Å². The van der Waals surface area contributed by atoms with Crippen LogP contribution >= 0.6 is 0 Å². The molecule has 0 amide bonds. The van der Waals surface area contributed by atoms with Crippen LogP contribution in [0, 0.1) is 137 Å². The van der Waals surface area contributed by atoms with E-state index in [2.05, 4.69) is 0 Å². The Labute approximate surface area is 254 Å². The van der Waals surface area contributed by atoms with Gasteiger partial charge in [-0.3, -0.25) is 0 Å². The molecule has 0 atom stereocenters. The van der Waals surface area contributed by atoms with Crippen molar-refractivity contribution in [3.05, 3.63) is 79.5 Å². The summed E-state index contributed by atoms with van der Waals surface area (Å²) in [5, 5.41) is 89.8. The van der Waals surface area contributed by atoms with Crippen LogP contribution in [0.5, 0.6) is 0 Å². The van der Waals surface area contributed by atoms with E-state index < -0.39 is 88.7 Å². The van der Waals surface area contributed by atoms with E-state index in [0.717, 1.165) is 24.3 Å². The molecule has 14 heteroatoms. The minimum Gasteiger partial charge on any atom is -0.206 e. The van der Waals surface area contributed by atoms with Gasteiger partial charge in [0.25, 0.3) is 0 Å². The van der Waals surface area contributed by atoms with E-state index in [9.17, 15) is 52.6 Å². The molecule has 0 radical (unpaired) electrons. The number of halogens is 4. The standard InChI is InChI=1S/C32H4F4N10/c33-29-21(13-45)23(17(5-37)6-38)31(35)25(27(29)19(9-41)10-42)15-1-2-16(4-3-15)26-28(20(11-43)12-44)30(34)22(14-46)24(32(26)36)18(7-39)8-40/h1-4H. The fourth-order valence-electron chi connectivity index (χ4n) is 4.42. The van der Waals surface area contributed by atoms with Crippen LogP contribution in [0.1, 0.15) is 11.1 Å². The molecule has 0 aromatic heterocycles. The Morgan fingerprint density at radius 3 is 0.826 bits per heavy atom. The summed E-state index contributed by atoms with van der Waals surface area (Å²) >= 11 is 0. The predicted molar refractivity (Wildman–Crippen MR) is 144 cm³/mol. The van der Waals surface area contributed by atoms with Gasteiger partial charge in [-0.1, -0.05) is 24.3 Å². The van der Waals surface area contributed by atoms with Crippen LogP contribution in [-0.2, 0) is 0 Å². The molecule has 10 nitrogen and oxygen atoms in total. The lowest BCUT2D eigenvalue weighted by atomic mass is 9.91. The van der Waals surface area contributed by atoms with Crippen molar-refractivity contribution in [3.63, 3.8) is 0 Å². The first-order valence-corrected chi connectivity index (χ1v) is 11.8. The number of nitriles is 10. The van der Waals surface area contributed by atoms with Crippen molar-refractivity contribution >= 4 is 22.3 Å². The second-order valence-electron chi connectivity index (χ2n) is 8.45. The molecule has 0 aliphatic heterocycles. The van der Waals surface area contributed by atoms with Crippen molar-refractivity contribution in [2.24, 2.45) is 0 Å². The van der Waals surface area contributed by atoms with E-state index in [0.29, 0.717) is 0 Å². The zero-order chi connectivity index (χ0) is 34.3. The summed E-state index contributed by atoms with van der Waals surface area (Å²) in [4.78, 5) is 0. The zero-order valence-electron chi connectivity index (χ0n) is 22.3. The molecule has 0 N–H and O–H groups in total. The van der Waals surface area contributed by atoms with Crippen LogP contribution in [0.25, 0.3) is 44.5 Å². The first-order valence-electron chi connectivity index (χ1n) is 11.8. The highest BCUT2D eigenvalue weighted by Gasteiger charge is 2.26. The van der Waals surface area contributed by atoms with Crippen LogP contribution in [-0.4, -0.2) is 0 Å². The number of benzene rings is 3. The van der Waals surface area contributed by atoms with Gasteiger partial charge in [0.1, 0.15) is 106 Å². The van der Waals surface area contributed by atoms with E-state index in [-0.39, 0.29) is 11.1 Å². The van der Waals surface area contributed by atoms with Crippen LogP contribution in [0.4, 0.5) is 17.6 Å². The van der Waals surface area contributed by atoms with Gasteiger partial charge >= 0.3 is 0 Å². The Hall–Kier alpha value is -8.24. The lowest BCUT2D eigenvalue weighted by molar-refractivity contribution is 0.584. The fourth-order valence-corrected chi connectivity index (χ4v) is 4.42. The lowest BCUT2D eigenvalue weighted by Crippen LogP contribution is -2.29. The topological polar surface area (TPSA) is 238 Å². The molecule has 0 unspecified atom stereocenters. The normalized spacial score (nSPS) is 9.09. The van der Waals surface area contributed by atoms with Gasteiger partial charge in [0.2, 0.25) is 0 Å². The molecule has 0 fully saturated rings. The molecule has 0 heterocycles. The second-order valence-corrected chi connectivity index (χ2v) is 8.45. The Kier molecular flexibility index (Phi) is 9.24. The van der Waals surface area contributed by atoms with E-state index in [1.165, 1.54) is 60.7 Å². The molecular formula is C32H4F4N10. The van der Waals surface area contributed by atoms with Crippen molar-refractivity contribution in [1.29, 1.82) is 52.6 Å². The summed E-state index contributed by atoms with van der Waals surface area (Å²) in [6.45, 7) is 0. The Morgan fingerprint density at radius 2 is 0.609 bits per heavy atom. The molecule has 3 rings (SSSR count). The maximum Gasteiger partial charge on any atom is 0.151 e. The van der Waals surface area contributed by atoms with E-state index >= 15 is 17.6 Å². The third kappa shape index (κ3) is 4.91. The highest BCUT2D eigenvalue weighted by molar-refractivity contribution is 5.85. The van der Waals surface area contributed by atoms with Gasteiger partial charge in [0, 0.05) is 11.1 Å². The molecule has 46 heavy (non-hydrogen) atoms. The minimum atomic E-state index is -1.62. The molecule has 210 valence electrons. The van der Waals surface area contributed by atoms with Crippen molar-refractivity contribution in [2.75, 3.05) is 0 Å². The average molecular weight is 604 g/mol. The van der Waals surface area contributed by atoms with Gasteiger partial charge in [-0.2, -0.15) is 52.6 Å². The number of nitrogens with zero attached hydrogens (tertiary/aromatic N) is 10. The van der Waals surface area contributed by atoms with Gasteiger partial charge in [-0.15, -0.1) is 0 Å². The van der Waals surface area contributed by atoms with Crippen LogP contribution < -0.4 is 20.9 Å². The first kappa shape index (κ1) is 32.3. The Morgan fingerprint density at radius 1 is 0.370 bits per heavy atom. The van der Waals surface area contributed by atoms with E-state index in [1.54, 1.807) is 0 Å². The first-order chi connectivity index (χ1) is 22.1. The molecule has 0 aliphatic carbocycles. The largest absolute Gasteiger partial charge is 0.206 e. The summed E-state index contributed by atoms with van der Waals surface area (Å²) in [6, 6.07) is 17.1. The van der Waals surface area contributed by atoms with E-state index in [1.807, 2.05) is 0 Å². The number of hydrogen-bond acceptors (Lipinski definition) is 10. The second kappa shape index (κ2) is 13.2. The summed E-state index contributed by atoms with van der Waals surface area (Å²) in [5.41, 5.74) is -8.92. The van der Waals surface area contributed by atoms with E-state index in [4.69, 9.17) is 0 Å². The van der Waals surface area contributed by atoms with Gasteiger partial charge < -0.3 is 0 Å². The number of rotatable bonds is 2. The minimum absolute atomic E-state index is 0.388. The van der Waals surface area contributed by atoms with Crippen LogP contribution in [0.15, 0.2) is 24.3 Å². The molecule has 3 aromatic rings. The maximum absolute atomic E-state index is 16.1. The van der Waals surface area contributed by atoms with Gasteiger partial charge in [-0.05, 0) is 11.1 Å². The van der Waals surface area contributed by atoms with Crippen molar-refractivity contribution in [1.82, 2.24) is 0 Å². The summed E-state index contributed by atoms with van der Waals surface area (Å²) < 4.78 is 63.4. The molecule has 0 saturated carbocycles. The Balaban J connectivity index is 2.72. The van der Waals surface area contributed by atoms with Crippen LogP contribution in [0.3, 0.4) is 0 Å². The fraction of sp³-hybridized carbons (Fsp3) is 0. The van der Waals surface area contributed by atoms with Crippen molar-refractivity contribution < 1.29 is 17.6 Å². The summed E-state index contributed by atoms with van der Waals surface area (Å²) in [6.07, 6.45) is 0. The monoisotopic (exact) mass is 604 g/mol. The quantitative estimate of drug-likeness (QED) is 0.386. The SMILES string of the molecule is N#CC(C#N)=c1c(F)c(-c2ccc(-c3c(F)c(=C(C#N)C#N)c(C#N)c(F)c3=C(C#N)C#N)cc2)c(=C(C#N)C#N)c(F)c1C#N. The van der Waals surface area contributed by atoms with Gasteiger partial charge in [-0.25, -0.2) is 17.6 Å². The van der Waals surface area contributed by atoms with Crippen LogP contribution in [0.2, 0.25) is 0 Å². The maximum atomic E-state index is 16.1. The lowest BCUT2D eigenvalue weighted by Gasteiger charge is -2.12. The highest BCUT2D eigenvalue weighted by Crippen LogP contribution is 2.26. The molecule has 3 aromatic carbocycles. The molecule has 0 bridgehead atoms. The number of hydrogen-bond donors (Lipinski definition) is 0. The molecular weight excluding hydrogens is 600 g/mol. The zero-order valence-corrected chi connectivity index (χ0v) is 22.3. The summed E-state index contributed by atoms with van der Waals surface area (Å²) in [5.74, 6) is -6.37. The molecule has 0 saturated heterocycles. The predicted octanol–water partition coefficient (Wildman–Crippen LogP) is 2.11. The van der Waals surface area contributed by atoms with Crippen molar-refractivity contribution in [3.8, 4) is 82.9 Å². The third-order valence-electron chi connectivity index (χ3n) is 6.34. The highest BCUT2D eigenvalue weighted by atomic mass is 19.1. The molecule has 0 aliphatic rings. The summed E-state index contributed by atoms with van der Waals surface area (Å²) in [7, 11) is 0. The smallest absolute Gasteiger partial charge is 0.151 e. The average Bonchev–Trinajstić information content (AvgIpc) is 3.07. The van der Waals surface area contributed by atoms with Gasteiger partial charge in [0.15, 0.2) is 11.6 Å². The van der Waals surface area contributed by atoms with Gasteiger partial charge in [0.05, 0.1) is 20.9 Å².